The Bertz CT molecular complexity index is 478. The first-order valence-corrected chi connectivity index (χ1v) is 6.45. The monoisotopic (exact) mass is 270 g/mol. The summed E-state index contributed by atoms with van der Waals surface area (Å²) in [6, 6.07) is 4.31. The van der Waals surface area contributed by atoms with Crippen LogP contribution in [0.5, 0.6) is 0 Å². The van der Waals surface area contributed by atoms with Gasteiger partial charge in [-0.25, -0.2) is 0 Å². The number of aryl methyl sites for hydroxylation is 1. The number of nitrogens with zero attached hydrogens (tertiary/aromatic N) is 1. The average Bonchev–Trinajstić information content (AvgIpc) is 2.59. The third-order valence-corrected chi connectivity index (χ3v) is 3.21. The minimum atomic E-state index is -4.31. The van der Waals surface area contributed by atoms with E-state index >= 15 is 0 Å². The van der Waals surface area contributed by atoms with E-state index in [-0.39, 0.29) is 5.56 Å². The fourth-order valence-corrected chi connectivity index (χ4v) is 2.15. The lowest BCUT2D eigenvalue weighted by Gasteiger charge is -2.14. The van der Waals surface area contributed by atoms with Gasteiger partial charge < -0.3 is 5.32 Å². The maximum absolute atomic E-state index is 12.8. The molecule has 1 aromatic carbocycles. The number of nitrogens with one attached hydrogen (secondary N) is 1. The van der Waals surface area contributed by atoms with Crippen LogP contribution in [0.4, 0.5) is 18.9 Å². The molecule has 0 fully saturated rings. The van der Waals surface area contributed by atoms with Crippen molar-refractivity contribution < 1.29 is 13.2 Å². The van der Waals surface area contributed by atoms with E-state index < -0.39 is 11.7 Å². The Kier molecular flexibility index (Phi) is 4.12. The minimum Gasteiger partial charge on any atom is -0.344 e. The molecule has 19 heavy (non-hydrogen) atoms. The molecule has 0 aromatic heterocycles. The molecule has 0 amide bonds. The van der Waals surface area contributed by atoms with E-state index in [1.54, 1.807) is 6.07 Å². The SMILES string of the molecule is Cc1ccc(NC2=NCCCCC2)cc1C(F)(F)F. The highest BCUT2D eigenvalue weighted by molar-refractivity contribution is 5.95. The molecule has 0 saturated carbocycles. The van der Waals surface area contributed by atoms with Crippen LogP contribution in [0.3, 0.4) is 0 Å². The Labute approximate surface area is 110 Å². The molecule has 104 valence electrons. The second kappa shape index (κ2) is 5.63. The molecule has 1 aliphatic rings. The van der Waals surface area contributed by atoms with Crippen LogP contribution >= 0.6 is 0 Å². The zero-order chi connectivity index (χ0) is 13.9. The van der Waals surface area contributed by atoms with E-state index in [1.807, 2.05) is 0 Å². The van der Waals surface area contributed by atoms with Crippen molar-refractivity contribution in [2.75, 3.05) is 11.9 Å². The molecular weight excluding hydrogens is 253 g/mol. The summed E-state index contributed by atoms with van der Waals surface area (Å²) in [5.41, 5.74) is 0.103. The van der Waals surface area contributed by atoms with Gasteiger partial charge in [-0.3, -0.25) is 4.99 Å². The number of hydrogen-bond donors (Lipinski definition) is 1. The Balaban J connectivity index is 2.19. The lowest BCUT2D eigenvalue weighted by atomic mass is 10.1. The van der Waals surface area contributed by atoms with Crippen molar-refractivity contribution >= 4 is 11.5 Å². The average molecular weight is 270 g/mol. The third-order valence-electron chi connectivity index (χ3n) is 3.21. The van der Waals surface area contributed by atoms with Gasteiger partial charge in [-0.1, -0.05) is 12.5 Å². The zero-order valence-corrected chi connectivity index (χ0v) is 10.8. The summed E-state index contributed by atoms with van der Waals surface area (Å²) in [6.45, 7) is 2.22. The number of anilines is 1. The largest absolute Gasteiger partial charge is 0.416 e. The van der Waals surface area contributed by atoms with Crippen LogP contribution in [-0.4, -0.2) is 12.4 Å². The molecule has 0 radical (unpaired) electrons. The van der Waals surface area contributed by atoms with E-state index in [0.29, 0.717) is 5.69 Å². The fourth-order valence-electron chi connectivity index (χ4n) is 2.15. The Morgan fingerprint density at radius 2 is 1.95 bits per heavy atom. The summed E-state index contributed by atoms with van der Waals surface area (Å²) in [6.07, 6.45) is -0.310. The van der Waals surface area contributed by atoms with Crippen molar-refractivity contribution in [2.24, 2.45) is 4.99 Å². The lowest BCUT2D eigenvalue weighted by molar-refractivity contribution is -0.138. The first-order valence-electron chi connectivity index (χ1n) is 6.45. The van der Waals surface area contributed by atoms with E-state index in [1.165, 1.54) is 13.0 Å². The summed E-state index contributed by atoms with van der Waals surface area (Å²) < 4.78 is 38.4. The van der Waals surface area contributed by atoms with Gasteiger partial charge in [0.05, 0.1) is 5.56 Å². The summed E-state index contributed by atoms with van der Waals surface area (Å²) >= 11 is 0. The van der Waals surface area contributed by atoms with E-state index in [4.69, 9.17) is 0 Å². The molecule has 0 bridgehead atoms. The zero-order valence-electron chi connectivity index (χ0n) is 10.8. The normalized spacial score (nSPS) is 16.7. The van der Waals surface area contributed by atoms with Gasteiger partial charge in [0, 0.05) is 18.7 Å². The molecule has 1 aromatic rings. The van der Waals surface area contributed by atoms with E-state index in [0.717, 1.165) is 44.1 Å². The molecule has 0 aliphatic carbocycles. The summed E-state index contributed by atoms with van der Waals surface area (Å²) in [7, 11) is 0. The molecule has 0 atom stereocenters. The van der Waals surface area contributed by atoms with Crippen LogP contribution in [0, 0.1) is 6.92 Å². The van der Waals surface area contributed by atoms with Crippen LogP contribution in [-0.2, 0) is 6.18 Å². The Morgan fingerprint density at radius 1 is 1.16 bits per heavy atom. The fraction of sp³-hybridized carbons (Fsp3) is 0.500. The molecule has 1 N–H and O–H groups in total. The molecule has 0 spiro atoms. The molecule has 1 aliphatic heterocycles. The van der Waals surface area contributed by atoms with E-state index in [2.05, 4.69) is 10.3 Å². The van der Waals surface area contributed by atoms with Crippen molar-refractivity contribution in [1.82, 2.24) is 0 Å². The number of halogens is 3. The molecule has 2 rings (SSSR count). The maximum Gasteiger partial charge on any atom is 0.416 e. The van der Waals surface area contributed by atoms with Gasteiger partial charge in [0.25, 0.3) is 0 Å². The van der Waals surface area contributed by atoms with Crippen LogP contribution in [0.25, 0.3) is 0 Å². The molecular formula is C14H17F3N2. The number of aliphatic imine (C=N–C) groups is 1. The highest BCUT2D eigenvalue weighted by Crippen LogP contribution is 2.33. The van der Waals surface area contributed by atoms with Gasteiger partial charge in [-0.2, -0.15) is 13.2 Å². The quantitative estimate of drug-likeness (QED) is 0.803. The predicted octanol–water partition coefficient (Wildman–Crippen LogP) is 4.40. The molecule has 1 heterocycles. The molecule has 0 saturated heterocycles. The van der Waals surface area contributed by atoms with Crippen molar-refractivity contribution in [3.63, 3.8) is 0 Å². The van der Waals surface area contributed by atoms with Gasteiger partial charge in [0.2, 0.25) is 0 Å². The highest BCUT2D eigenvalue weighted by atomic mass is 19.4. The molecule has 0 unspecified atom stereocenters. The standard InChI is InChI=1S/C14H17F3N2/c1-10-6-7-11(9-12(10)14(15,16)17)19-13-5-3-2-4-8-18-13/h6-7,9H,2-5,8H2,1H3,(H,18,19). The van der Waals surface area contributed by atoms with Crippen LogP contribution < -0.4 is 5.32 Å². The minimum absolute atomic E-state index is 0.237. The van der Waals surface area contributed by atoms with Crippen molar-refractivity contribution in [3.05, 3.63) is 29.3 Å². The Morgan fingerprint density at radius 3 is 2.68 bits per heavy atom. The second-order valence-corrected chi connectivity index (χ2v) is 4.79. The summed E-state index contributed by atoms with van der Waals surface area (Å²) in [5.74, 6) is 0.787. The molecule has 5 heteroatoms. The van der Waals surface area contributed by atoms with Gasteiger partial charge in [0.15, 0.2) is 0 Å². The van der Waals surface area contributed by atoms with Crippen molar-refractivity contribution in [2.45, 2.75) is 38.8 Å². The highest BCUT2D eigenvalue weighted by Gasteiger charge is 2.32. The third kappa shape index (κ3) is 3.72. The Hall–Kier alpha value is -1.52. The van der Waals surface area contributed by atoms with Crippen LogP contribution in [0.2, 0.25) is 0 Å². The van der Waals surface area contributed by atoms with Gasteiger partial charge >= 0.3 is 6.18 Å². The summed E-state index contributed by atoms with van der Waals surface area (Å²) in [4.78, 5) is 4.36. The number of hydrogen-bond acceptors (Lipinski definition) is 2. The maximum atomic E-state index is 12.8. The number of alkyl halides is 3. The second-order valence-electron chi connectivity index (χ2n) is 4.79. The first kappa shape index (κ1) is 13.9. The van der Waals surface area contributed by atoms with Gasteiger partial charge in [-0.05, 0) is 37.5 Å². The van der Waals surface area contributed by atoms with Gasteiger partial charge in [-0.15, -0.1) is 0 Å². The predicted molar refractivity (Wildman–Crippen MR) is 70.6 cm³/mol. The van der Waals surface area contributed by atoms with Crippen LogP contribution in [0.1, 0.15) is 36.8 Å². The number of benzene rings is 1. The number of rotatable bonds is 1. The van der Waals surface area contributed by atoms with Gasteiger partial charge in [0.1, 0.15) is 5.84 Å². The topological polar surface area (TPSA) is 24.4 Å². The smallest absolute Gasteiger partial charge is 0.344 e. The summed E-state index contributed by atoms with van der Waals surface area (Å²) in [5, 5.41) is 3.01. The lowest BCUT2D eigenvalue weighted by Crippen LogP contribution is -2.13. The van der Waals surface area contributed by atoms with E-state index in [9.17, 15) is 13.2 Å². The first-order chi connectivity index (χ1) is 8.97. The van der Waals surface area contributed by atoms with Crippen LogP contribution in [0.15, 0.2) is 23.2 Å². The van der Waals surface area contributed by atoms with Crippen molar-refractivity contribution in [3.8, 4) is 0 Å². The van der Waals surface area contributed by atoms with Crippen molar-refractivity contribution in [1.29, 1.82) is 0 Å². The number of amidine groups is 1. The molecule has 2 nitrogen and oxygen atoms in total.